The van der Waals surface area contributed by atoms with Gasteiger partial charge in [0.2, 0.25) is 5.91 Å². The molecular weight excluding hydrogens is 294 g/mol. The van der Waals surface area contributed by atoms with Crippen molar-refractivity contribution >= 4 is 11.6 Å². The molecule has 2 N–H and O–H groups in total. The zero-order valence-corrected chi connectivity index (χ0v) is 14.0. The summed E-state index contributed by atoms with van der Waals surface area (Å²) >= 11 is 0. The number of benzene rings is 1. The molecule has 0 aliphatic rings. The first-order valence-electron chi connectivity index (χ1n) is 7.53. The van der Waals surface area contributed by atoms with Crippen molar-refractivity contribution in [3.8, 4) is 5.75 Å². The fraction of sp³-hybridized carbons (Fsp3) is 0.412. The second-order valence-electron chi connectivity index (χ2n) is 5.51. The molecule has 124 valence electrons. The van der Waals surface area contributed by atoms with Crippen LogP contribution in [0.5, 0.6) is 5.75 Å². The van der Waals surface area contributed by atoms with Crippen LogP contribution in [-0.4, -0.2) is 27.9 Å². The maximum atomic E-state index is 12.1. The van der Waals surface area contributed by atoms with Gasteiger partial charge in [-0.15, -0.1) is 0 Å². The monoisotopic (exact) mass is 317 g/mol. The predicted molar refractivity (Wildman–Crippen MR) is 88.5 cm³/mol. The molecule has 0 fully saturated rings. The van der Waals surface area contributed by atoms with Gasteiger partial charge in [0.1, 0.15) is 5.75 Å². The van der Waals surface area contributed by atoms with Crippen LogP contribution in [-0.2, 0) is 24.9 Å². The van der Waals surface area contributed by atoms with E-state index in [1.54, 1.807) is 25.3 Å². The van der Waals surface area contributed by atoms with Crippen LogP contribution in [0.15, 0.2) is 18.2 Å². The number of aliphatic hydroxyl groups excluding tert-OH is 1. The summed E-state index contributed by atoms with van der Waals surface area (Å²) in [7, 11) is 3.45. The minimum Gasteiger partial charge on any atom is -0.496 e. The number of methoxy groups -OCH3 is 1. The lowest BCUT2D eigenvalue weighted by molar-refractivity contribution is -0.116. The molecule has 23 heavy (non-hydrogen) atoms. The third kappa shape index (κ3) is 3.90. The van der Waals surface area contributed by atoms with Gasteiger partial charge in [-0.3, -0.25) is 9.48 Å². The Morgan fingerprint density at radius 3 is 2.70 bits per heavy atom. The summed E-state index contributed by atoms with van der Waals surface area (Å²) in [5.41, 5.74) is 4.46. The normalized spacial score (nSPS) is 10.7. The van der Waals surface area contributed by atoms with Crippen molar-refractivity contribution in [2.75, 3.05) is 12.4 Å². The van der Waals surface area contributed by atoms with Gasteiger partial charge in [-0.05, 0) is 44.0 Å². The maximum absolute atomic E-state index is 12.1. The molecule has 0 spiro atoms. The Labute approximate surface area is 136 Å². The molecule has 0 aliphatic carbocycles. The Kier molecular flexibility index (Phi) is 5.39. The first-order chi connectivity index (χ1) is 11.0. The Balaban J connectivity index is 2.00. The molecule has 6 nitrogen and oxygen atoms in total. The van der Waals surface area contributed by atoms with Crippen molar-refractivity contribution in [3.63, 3.8) is 0 Å². The summed E-state index contributed by atoms with van der Waals surface area (Å²) in [6.07, 6.45) is 1.04. The van der Waals surface area contributed by atoms with Crippen molar-refractivity contribution in [2.24, 2.45) is 7.05 Å². The summed E-state index contributed by atoms with van der Waals surface area (Å²) in [5.74, 6) is 0.536. The third-order valence-electron chi connectivity index (χ3n) is 4.00. The highest BCUT2D eigenvalue weighted by molar-refractivity contribution is 5.91. The zero-order valence-electron chi connectivity index (χ0n) is 14.0. The molecule has 0 aliphatic heterocycles. The number of carbonyl (C=O) groups excluding carboxylic acids is 1. The molecule has 0 bridgehead atoms. The average molecular weight is 317 g/mol. The summed E-state index contributed by atoms with van der Waals surface area (Å²) in [5, 5.41) is 16.5. The van der Waals surface area contributed by atoms with Gasteiger partial charge in [0.25, 0.3) is 0 Å². The topological polar surface area (TPSA) is 76.4 Å². The first kappa shape index (κ1) is 17.0. The summed E-state index contributed by atoms with van der Waals surface area (Å²) in [6, 6.07) is 5.21. The minimum atomic E-state index is -0.138. The summed E-state index contributed by atoms with van der Waals surface area (Å²) < 4.78 is 6.98. The zero-order chi connectivity index (χ0) is 17.0. The highest BCUT2D eigenvalue weighted by atomic mass is 16.5. The lowest BCUT2D eigenvalue weighted by Crippen LogP contribution is -2.13. The second-order valence-corrected chi connectivity index (χ2v) is 5.51. The van der Waals surface area contributed by atoms with Gasteiger partial charge in [-0.25, -0.2) is 0 Å². The number of ether oxygens (including phenoxy) is 1. The highest BCUT2D eigenvalue weighted by Gasteiger charge is 2.12. The standard InChI is InChI=1S/C17H23N3O3/c1-11-15(12(2)20(3)19-11)6-8-17(22)18-14-5-7-16(23-4)13(9-14)10-21/h5,7,9,21H,6,8,10H2,1-4H3,(H,18,22). The van der Waals surface area contributed by atoms with E-state index in [1.807, 2.05) is 25.6 Å². The van der Waals surface area contributed by atoms with E-state index in [0.29, 0.717) is 29.8 Å². The van der Waals surface area contributed by atoms with Crippen LogP contribution in [0.3, 0.4) is 0 Å². The number of nitrogens with zero attached hydrogens (tertiary/aromatic N) is 2. The van der Waals surface area contributed by atoms with Crippen LogP contribution in [0.1, 0.15) is 28.9 Å². The molecule has 0 atom stereocenters. The molecule has 1 heterocycles. The smallest absolute Gasteiger partial charge is 0.224 e. The molecule has 1 aromatic heterocycles. The van der Waals surface area contributed by atoms with Crippen LogP contribution < -0.4 is 10.1 Å². The predicted octanol–water partition coefficient (Wildman–Crippen LogP) is 2.11. The average Bonchev–Trinajstić information content (AvgIpc) is 2.78. The van der Waals surface area contributed by atoms with Gasteiger partial charge < -0.3 is 15.2 Å². The summed E-state index contributed by atoms with van der Waals surface area (Å²) in [4.78, 5) is 12.1. The minimum absolute atomic E-state index is 0.0679. The van der Waals surface area contributed by atoms with E-state index in [4.69, 9.17) is 4.74 Å². The van der Waals surface area contributed by atoms with Crippen LogP contribution in [0.4, 0.5) is 5.69 Å². The Morgan fingerprint density at radius 1 is 1.39 bits per heavy atom. The quantitative estimate of drug-likeness (QED) is 0.855. The van der Waals surface area contributed by atoms with E-state index >= 15 is 0 Å². The fourth-order valence-electron chi connectivity index (χ4n) is 2.62. The van der Waals surface area contributed by atoms with E-state index in [2.05, 4.69) is 10.4 Å². The molecule has 0 radical (unpaired) electrons. The van der Waals surface area contributed by atoms with E-state index in [0.717, 1.165) is 17.0 Å². The molecule has 1 aromatic carbocycles. The van der Waals surface area contributed by atoms with E-state index in [1.165, 1.54) is 0 Å². The SMILES string of the molecule is COc1ccc(NC(=O)CCc2c(C)nn(C)c2C)cc1CO. The van der Waals surface area contributed by atoms with Gasteiger partial charge in [0.15, 0.2) is 0 Å². The number of aryl methyl sites for hydroxylation is 2. The van der Waals surface area contributed by atoms with Gasteiger partial charge in [0, 0.05) is 30.4 Å². The van der Waals surface area contributed by atoms with Crippen molar-refractivity contribution in [1.29, 1.82) is 0 Å². The molecule has 2 aromatic rings. The summed E-state index contributed by atoms with van der Waals surface area (Å²) in [6.45, 7) is 3.82. The van der Waals surface area contributed by atoms with E-state index < -0.39 is 0 Å². The van der Waals surface area contributed by atoms with E-state index in [9.17, 15) is 9.90 Å². The number of rotatable bonds is 6. The highest BCUT2D eigenvalue weighted by Crippen LogP contribution is 2.23. The van der Waals surface area contributed by atoms with Crippen LogP contribution in [0.25, 0.3) is 0 Å². The van der Waals surface area contributed by atoms with Gasteiger partial charge in [-0.2, -0.15) is 5.10 Å². The lowest BCUT2D eigenvalue weighted by Gasteiger charge is -2.10. The second kappa shape index (κ2) is 7.28. The number of hydrogen-bond acceptors (Lipinski definition) is 4. The molecule has 1 amide bonds. The largest absolute Gasteiger partial charge is 0.496 e. The fourth-order valence-corrected chi connectivity index (χ4v) is 2.62. The Morgan fingerprint density at radius 2 is 2.13 bits per heavy atom. The van der Waals surface area contributed by atoms with Gasteiger partial charge >= 0.3 is 0 Å². The molecule has 2 rings (SSSR count). The van der Waals surface area contributed by atoms with Gasteiger partial charge in [0.05, 0.1) is 19.4 Å². The number of nitrogens with one attached hydrogen (secondary N) is 1. The van der Waals surface area contributed by atoms with Crippen molar-refractivity contribution < 1.29 is 14.6 Å². The third-order valence-corrected chi connectivity index (χ3v) is 4.00. The van der Waals surface area contributed by atoms with Crippen LogP contribution in [0.2, 0.25) is 0 Å². The van der Waals surface area contributed by atoms with E-state index in [-0.39, 0.29) is 12.5 Å². The lowest BCUT2D eigenvalue weighted by atomic mass is 10.1. The maximum Gasteiger partial charge on any atom is 0.224 e. The van der Waals surface area contributed by atoms with Crippen molar-refractivity contribution in [1.82, 2.24) is 9.78 Å². The number of anilines is 1. The van der Waals surface area contributed by atoms with Crippen molar-refractivity contribution in [3.05, 3.63) is 40.7 Å². The van der Waals surface area contributed by atoms with Gasteiger partial charge in [-0.1, -0.05) is 0 Å². The number of aliphatic hydroxyl groups is 1. The number of aromatic nitrogens is 2. The molecule has 0 saturated heterocycles. The number of hydrogen-bond donors (Lipinski definition) is 2. The number of carbonyl (C=O) groups is 1. The van der Waals surface area contributed by atoms with Crippen molar-refractivity contribution in [2.45, 2.75) is 33.3 Å². The number of amides is 1. The molecule has 6 heteroatoms. The Bertz CT molecular complexity index is 707. The Hall–Kier alpha value is -2.34. The van der Waals surface area contributed by atoms with Crippen LogP contribution in [0, 0.1) is 13.8 Å². The molecule has 0 saturated carbocycles. The first-order valence-corrected chi connectivity index (χ1v) is 7.53. The molecule has 0 unspecified atom stereocenters. The van der Waals surface area contributed by atoms with Crippen LogP contribution >= 0.6 is 0 Å². The molecular formula is C17H23N3O3.